The number of aromatic nitrogens is 1. The fourth-order valence-electron chi connectivity index (χ4n) is 1.61. The highest BCUT2D eigenvalue weighted by Gasteiger charge is 2.18. The van der Waals surface area contributed by atoms with Crippen LogP contribution in [0.5, 0.6) is 0 Å². The summed E-state index contributed by atoms with van der Waals surface area (Å²) in [4.78, 5) is -0.126. The van der Waals surface area contributed by atoms with Crippen LogP contribution in [0.4, 0.5) is 0 Å². The van der Waals surface area contributed by atoms with Crippen LogP contribution in [0.15, 0.2) is 46.0 Å². The molecule has 98 valence electrons. The lowest BCUT2D eigenvalue weighted by Gasteiger charge is -1.98. The summed E-state index contributed by atoms with van der Waals surface area (Å²) in [5.41, 5.74) is 1.44. The van der Waals surface area contributed by atoms with Crippen LogP contribution >= 0.6 is 0 Å². The average Bonchev–Trinajstić information content (AvgIpc) is 2.76. The van der Waals surface area contributed by atoms with E-state index in [0.29, 0.717) is 12.1 Å². The molecule has 0 aliphatic rings. The number of hydrogen-bond acceptors (Lipinski definition) is 4. The lowest BCUT2D eigenvalue weighted by atomic mass is 10.1. The molecular weight excluding hydrogens is 258 g/mol. The first-order valence-electron chi connectivity index (χ1n) is 5.08. The highest BCUT2D eigenvalue weighted by atomic mass is 32.2. The molecule has 2 rings (SSSR count). The predicted molar refractivity (Wildman–Crippen MR) is 61.8 cm³/mol. The number of nitrogens with zero attached hydrogens (tertiary/aromatic N) is 1. The van der Waals surface area contributed by atoms with Crippen LogP contribution in [-0.2, 0) is 16.7 Å². The SMILES string of the molecule is CC[n+]1occc1-c1cccc(S(=O)(=O)O)c1.[OH-]. The van der Waals surface area contributed by atoms with E-state index >= 15 is 0 Å². The van der Waals surface area contributed by atoms with Crippen molar-refractivity contribution in [2.75, 3.05) is 0 Å². The first-order chi connectivity index (χ1) is 8.02. The van der Waals surface area contributed by atoms with Gasteiger partial charge in [0.2, 0.25) is 0 Å². The number of hydrogen-bond donors (Lipinski definition) is 1. The second-order valence-corrected chi connectivity index (χ2v) is 4.91. The second kappa shape index (κ2) is 5.30. The van der Waals surface area contributed by atoms with Gasteiger partial charge in [-0.3, -0.25) is 4.55 Å². The molecule has 1 aromatic heterocycles. The van der Waals surface area contributed by atoms with Crippen molar-refractivity contribution in [1.29, 1.82) is 0 Å². The molecule has 0 bridgehead atoms. The Morgan fingerprint density at radius 3 is 2.67 bits per heavy atom. The normalized spacial score (nSPS) is 11.0. The Morgan fingerprint density at radius 2 is 2.06 bits per heavy atom. The van der Waals surface area contributed by atoms with Gasteiger partial charge in [0.15, 0.2) is 12.8 Å². The number of aryl methyl sites for hydroxylation is 1. The molecular formula is C11H13NO5S. The minimum absolute atomic E-state index is 0. The average molecular weight is 271 g/mol. The lowest BCUT2D eigenvalue weighted by Crippen LogP contribution is -2.31. The van der Waals surface area contributed by atoms with Gasteiger partial charge in [0.25, 0.3) is 15.8 Å². The third kappa shape index (κ3) is 2.76. The Hall–Kier alpha value is -1.70. The predicted octanol–water partition coefficient (Wildman–Crippen LogP) is 1.32. The van der Waals surface area contributed by atoms with E-state index in [2.05, 4.69) is 0 Å². The minimum atomic E-state index is -4.18. The highest BCUT2D eigenvalue weighted by Crippen LogP contribution is 2.19. The Kier molecular flexibility index (Phi) is 4.23. The van der Waals surface area contributed by atoms with Crippen LogP contribution in [0, 0.1) is 0 Å². The van der Waals surface area contributed by atoms with Crippen molar-refractivity contribution in [3.8, 4) is 11.3 Å². The van der Waals surface area contributed by atoms with Crippen LogP contribution in [0.2, 0.25) is 0 Å². The Bertz CT molecular complexity index is 632. The molecule has 18 heavy (non-hydrogen) atoms. The second-order valence-electron chi connectivity index (χ2n) is 3.49. The summed E-state index contributed by atoms with van der Waals surface area (Å²) in [5.74, 6) is 0. The highest BCUT2D eigenvalue weighted by molar-refractivity contribution is 7.85. The van der Waals surface area contributed by atoms with Crippen molar-refractivity contribution in [2.24, 2.45) is 0 Å². The van der Waals surface area contributed by atoms with Gasteiger partial charge in [-0.1, -0.05) is 6.07 Å². The Morgan fingerprint density at radius 1 is 1.33 bits per heavy atom. The molecule has 0 amide bonds. The lowest BCUT2D eigenvalue weighted by molar-refractivity contribution is -0.852. The van der Waals surface area contributed by atoms with Gasteiger partial charge in [-0.2, -0.15) is 8.42 Å². The molecule has 0 atom stereocenters. The molecule has 0 radical (unpaired) electrons. The van der Waals surface area contributed by atoms with Crippen LogP contribution in [0.25, 0.3) is 11.3 Å². The van der Waals surface area contributed by atoms with Gasteiger partial charge in [-0.05, 0) is 29.9 Å². The van der Waals surface area contributed by atoms with Crippen LogP contribution in [0.1, 0.15) is 6.92 Å². The Labute approximate surface area is 105 Å². The van der Waals surface area contributed by atoms with Crippen molar-refractivity contribution >= 4 is 10.1 Å². The molecule has 2 N–H and O–H groups in total. The topological polar surface area (TPSA) is 101 Å². The molecule has 0 aliphatic heterocycles. The van der Waals surface area contributed by atoms with Crippen LogP contribution in [0.3, 0.4) is 0 Å². The summed E-state index contributed by atoms with van der Waals surface area (Å²) < 4.78 is 37.9. The fourth-order valence-corrected chi connectivity index (χ4v) is 2.14. The van der Waals surface area contributed by atoms with E-state index in [1.165, 1.54) is 18.4 Å². The van der Waals surface area contributed by atoms with Crippen molar-refractivity contribution in [3.05, 3.63) is 36.6 Å². The maximum absolute atomic E-state index is 11.0. The van der Waals surface area contributed by atoms with Gasteiger partial charge in [-0.25, -0.2) is 4.52 Å². The van der Waals surface area contributed by atoms with Crippen LogP contribution < -0.4 is 4.74 Å². The molecule has 0 saturated carbocycles. The van der Waals surface area contributed by atoms with Gasteiger partial charge in [-0.15, -0.1) is 0 Å². The summed E-state index contributed by atoms with van der Waals surface area (Å²) in [6, 6.07) is 7.82. The van der Waals surface area contributed by atoms with E-state index in [9.17, 15) is 8.42 Å². The summed E-state index contributed by atoms with van der Waals surface area (Å²) >= 11 is 0. The smallest absolute Gasteiger partial charge is 0.294 e. The molecule has 1 aromatic carbocycles. The summed E-state index contributed by atoms with van der Waals surface area (Å²) in [6.45, 7) is 2.55. The zero-order chi connectivity index (χ0) is 12.5. The molecule has 0 fully saturated rings. The first kappa shape index (κ1) is 14.4. The maximum atomic E-state index is 11.0. The van der Waals surface area contributed by atoms with E-state index in [4.69, 9.17) is 9.08 Å². The molecule has 0 saturated heterocycles. The third-order valence-corrected chi connectivity index (χ3v) is 3.25. The van der Waals surface area contributed by atoms with E-state index in [1.807, 2.05) is 6.92 Å². The molecule has 1 heterocycles. The standard InChI is InChI=1S/C11H11NO4S.H2O/c1-2-12-11(6-7-16-12)9-4-3-5-10(8-9)17(13,14)15;/h3-8H,2H2,1H3;1H2. The van der Waals surface area contributed by atoms with Crippen molar-refractivity contribution < 1.29 is 27.7 Å². The maximum Gasteiger partial charge on any atom is 0.294 e. The van der Waals surface area contributed by atoms with Gasteiger partial charge < -0.3 is 5.48 Å². The molecule has 0 unspecified atom stereocenters. The fraction of sp³-hybridized carbons (Fsp3) is 0.182. The third-order valence-electron chi connectivity index (χ3n) is 2.40. The molecule has 6 nitrogen and oxygen atoms in total. The number of rotatable bonds is 3. The van der Waals surface area contributed by atoms with Crippen molar-refractivity contribution in [3.63, 3.8) is 0 Å². The number of benzene rings is 1. The molecule has 2 aromatic rings. The minimum Gasteiger partial charge on any atom is -0.870 e. The summed E-state index contributed by atoms with van der Waals surface area (Å²) in [7, 11) is -4.18. The van der Waals surface area contributed by atoms with Crippen LogP contribution in [-0.4, -0.2) is 18.4 Å². The van der Waals surface area contributed by atoms with Gasteiger partial charge in [0.1, 0.15) is 0 Å². The Balaban J connectivity index is 0.00000162. The first-order valence-corrected chi connectivity index (χ1v) is 6.52. The summed E-state index contributed by atoms with van der Waals surface area (Å²) in [5, 5.41) is 0. The van der Waals surface area contributed by atoms with Crippen molar-refractivity contribution in [1.82, 2.24) is 0 Å². The molecule has 7 heteroatoms. The molecule has 0 spiro atoms. The van der Waals surface area contributed by atoms with Gasteiger partial charge in [0, 0.05) is 0 Å². The zero-order valence-electron chi connectivity index (χ0n) is 9.65. The molecule has 0 aliphatic carbocycles. The van der Waals surface area contributed by atoms with Gasteiger partial charge >= 0.3 is 0 Å². The van der Waals surface area contributed by atoms with Crippen molar-refractivity contribution in [2.45, 2.75) is 18.4 Å². The monoisotopic (exact) mass is 271 g/mol. The largest absolute Gasteiger partial charge is 0.870 e. The van der Waals surface area contributed by atoms with E-state index in [-0.39, 0.29) is 10.4 Å². The van der Waals surface area contributed by atoms with E-state index in [1.54, 1.807) is 22.9 Å². The van der Waals surface area contributed by atoms with E-state index in [0.717, 1.165) is 5.69 Å². The summed E-state index contributed by atoms with van der Waals surface area (Å²) in [6.07, 6.45) is 1.53. The van der Waals surface area contributed by atoms with E-state index < -0.39 is 10.1 Å². The van der Waals surface area contributed by atoms with Gasteiger partial charge in [0.05, 0.1) is 16.5 Å². The zero-order valence-corrected chi connectivity index (χ0v) is 10.5. The quantitative estimate of drug-likeness (QED) is 0.670.